The van der Waals surface area contributed by atoms with Crippen molar-refractivity contribution in [3.63, 3.8) is 0 Å². The van der Waals surface area contributed by atoms with Crippen molar-refractivity contribution >= 4 is 52.5 Å². The predicted molar refractivity (Wildman–Crippen MR) is 190 cm³/mol. The number of nitrogens with two attached hydrogens (primary N) is 3. The molecule has 47 heavy (non-hydrogen) atoms. The summed E-state index contributed by atoms with van der Waals surface area (Å²) in [5, 5.41) is 21.4. The van der Waals surface area contributed by atoms with E-state index in [1.807, 2.05) is 30.3 Å². The second kappa shape index (κ2) is 20.3. The minimum atomic E-state index is -1.07. The van der Waals surface area contributed by atoms with E-state index in [9.17, 15) is 24.3 Å². The fourth-order valence-electron chi connectivity index (χ4n) is 4.84. The fraction of sp³-hybridized carbons (Fsp3) is 0.469. The Morgan fingerprint density at radius 3 is 2.26 bits per heavy atom. The van der Waals surface area contributed by atoms with Crippen molar-refractivity contribution in [1.29, 1.82) is 0 Å². The molecule has 0 saturated carbocycles. The Hall–Kier alpha value is -3.96. The number of nitrogens with one attached hydrogen (secondary N) is 4. The Kier molecular flexibility index (Phi) is 17.0. The van der Waals surface area contributed by atoms with Crippen molar-refractivity contribution in [2.24, 2.45) is 22.2 Å². The molecule has 14 nitrogen and oxygen atoms in total. The second-order valence-corrected chi connectivity index (χ2v) is 12.2. The minimum Gasteiger partial charge on any atom is -0.508 e. The summed E-state index contributed by atoms with van der Waals surface area (Å²) in [5.74, 6) is -1.69. The zero-order chi connectivity index (χ0) is 34.9. The molecule has 0 radical (unpaired) electrons. The third kappa shape index (κ3) is 13.0. The van der Waals surface area contributed by atoms with Crippen molar-refractivity contribution < 1.29 is 24.3 Å². The lowest BCUT2D eigenvalue weighted by Crippen LogP contribution is -2.57. The van der Waals surface area contributed by atoms with Crippen LogP contribution in [0.3, 0.4) is 0 Å². The number of halogens is 1. The van der Waals surface area contributed by atoms with Crippen LogP contribution in [0.25, 0.3) is 0 Å². The number of phenols is 1. The normalized spacial score (nSPS) is 13.9. The highest BCUT2D eigenvalue weighted by Gasteiger charge is 2.34. The van der Waals surface area contributed by atoms with Gasteiger partial charge in [0.15, 0.2) is 5.96 Å². The van der Waals surface area contributed by atoms with E-state index in [-0.39, 0.29) is 31.6 Å². The standard InChI is InChI=1S/C32H48IN9O5/c1-20-17-23(43)14-13-22(20)19-27(42(33)31(47)24(35)11-8-16-39-32(37-2)38-3)30(46)40-25(12-7-15-34)29(45)41-26(28(36)44)18-21-9-5-4-6-10-21/h4-6,9-10,13-14,17,24-27,43H,7-8,11-12,15-16,18-19,34-35H2,1-3H3,(H2,36,44)(H,40,46)(H,41,45)(H2,37,38,39)/t24-,25-,26-,27-/m0/s1. The van der Waals surface area contributed by atoms with E-state index >= 15 is 0 Å². The molecule has 2 aromatic rings. The number of aromatic hydroxyl groups is 1. The van der Waals surface area contributed by atoms with Crippen LogP contribution >= 0.6 is 22.9 Å². The van der Waals surface area contributed by atoms with Gasteiger partial charge in [-0.15, -0.1) is 0 Å². The zero-order valence-corrected chi connectivity index (χ0v) is 29.3. The van der Waals surface area contributed by atoms with Crippen molar-refractivity contribution in [1.82, 2.24) is 24.4 Å². The molecule has 0 saturated heterocycles. The van der Waals surface area contributed by atoms with Gasteiger partial charge in [-0.1, -0.05) is 36.4 Å². The van der Waals surface area contributed by atoms with Gasteiger partial charge in [0.05, 0.1) is 28.9 Å². The summed E-state index contributed by atoms with van der Waals surface area (Å²) in [5.41, 5.74) is 19.9. The Balaban J connectivity index is 2.27. The van der Waals surface area contributed by atoms with Crippen LogP contribution < -0.4 is 38.5 Å². The fourth-order valence-corrected chi connectivity index (χ4v) is 5.65. The lowest BCUT2D eigenvalue weighted by atomic mass is 9.99. The highest BCUT2D eigenvalue weighted by atomic mass is 127. The van der Waals surface area contributed by atoms with Crippen molar-refractivity contribution in [3.05, 3.63) is 65.2 Å². The SMILES string of the molecule is C/N=C(\NC)NCCC[C@H](N)C(=O)N(I)[C@@H](Cc1ccc(O)cc1C)C(=O)N[C@@H](CCCN)C(=O)N[C@@H](Cc1ccccc1)C(N)=O. The zero-order valence-electron chi connectivity index (χ0n) is 27.2. The van der Waals surface area contributed by atoms with Crippen LogP contribution in [0.2, 0.25) is 0 Å². The minimum absolute atomic E-state index is 0.0675. The first kappa shape index (κ1) is 39.2. The van der Waals surface area contributed by atoms with Crippen LogP contribution in [0.5, 0.6) is 5.75 Å². The lowest BCUT2D eigenvalue weighted by Gasteiger charge is -2.30. The predicted octanol–water partition coefficient (Wildman–Crippen LogP) is 0.129. The molecule has 0 aliphatic heterocycles. The first-order valence-electron chi connectivity index (χ1n) is 15.5. The monoisotopic (exact) mass is 765 g/mol. The van der Waals surface area contributed by atoms with E-state index in [1.54, 1.807) is 56.0 Å². The van der Waals surface area contributed by atoms with Crippen LogP contribution in [-0.4, -0.2) is 89.2 Å². The molecule has 15 heteroatoms. The van der Waals surface area contributed by atoms with Gasteiger partial charge in [-0.05, 0) is 68.0 Å². The van der Waals surface area contributed by atoms with Crippen LogP contribution in [0.15, 0.2) is 53.5 Å². The van der Waals surface area contributed by atoms with Gasteiger partial charge in [-0.2, -0.15) is 0 Å². The third-order valence-corrected chi connectivity index (χ3v) is 8.71. The van der Waals surface area contributed by atoms with Gasteiger partial charge < -0.3 is 43.6 Å². The van der Waals surface area contributed by atoms with E-state index in [0.717, 1.165) is 11.1 Å². The molecular formula is C32H48IN9O5. The maximum Gasteiger partial charge on any atom is 0.248 e. The molecule has 0 spiro atoms. The second-order valence-electron chi connectivity index (χ2n) is 11.1. The van der Waals surface area contributed by atoms with Crippen LogP contribution in [0.4, 0.5) is 0 Å². The molecule has 258 valence electrons. The van der Waals surface area contributed by atoms with Gasteiger partial charge in [0.1, 0.15) is 23.9 Å². The highest BCUT2D eigenvalue weighted by Crippen LogP contribution is 2.22. The number of amides is 4. The van der Waals surface area contributed by atoms with E-state index in [1.165, 1.54) is 9.18 Å². The first-order chi connectivity index (χ1) is 22.4. The van der Waals surface area contributed by atoms with E-state index in [0.29, 0.717) is 37.3 Å². The van der Waals surface area contributed by atoms with E-state index in [2.05, 4.69) is 26.3 Å². The first-order valence-corrected chi connectivity index (χ1v) is 16.4. The molecule has 2 aromatic carbocycles. The van der Waals surface area contributed by atoms with Crippen LogP contribution in [0.1, 0.15) is 42.4 Å². The number of aliphatic imine (C=N–C) groups is 1. The number of carbonyl (C=O) groups excluding carboxylic acids is 4. The summed E-state index contributed by atoms with van der Waals surface area (Å²) in [6, 6.07) is 9.81. The summed E-state index contributed by atoms with van der Waals surface area (Å²) in [6.45, 7) is 2.58. The maximum atomic E-state index is 14.0. The Morgan fingerprint density at radius 2 is 1.66 bits per heavy atom. The molecule has 0 unspecified atom stereocenters. The molecule has 0 heterocycles. The number of rotatable bonds is 18. The maximum absolute atomic E-state index is 14.0. The van der Waals surface area contributed by atoms with Crippen LogP contribution in [0, 0.1) is 6.92 Å². The quantitative estimate of drug-likeness (QED) is 0.0339. The molecule has 0 aliphatic rings. The van der Waals surface area contributed by atoms with Crippen molar-refractivity contribution in [2.75, 3.05) is 27.2 Å². The number of benzene rings is 2. The topological polar surface area (TPSA) is 230 Å². The molecule has 4 atom stereocenters. The Labute approximate surface area is 290 Å². The molecule has 2 rings (SSSR count). The van der Waals surface area contributed by atoms with Gasteiger partial charge in [0, 0.05) is 33.5 Å². The Bertz CT molecular complexity index is 1360. The summed E-state index contributed by atoms with van der Waals surface area (Å²) < 4.78 is 1.27. The van der Waals surface area contributed by atoms with Gasteiger partial charge in [0.2, 0.25) is 23.6 Å². The average Bonchev–Trinajstić information content (AvgIpc) is 3.05. The van der Waals surface area contributed by atoms with Crippen molar-refractivity contribution in [2.45, 2.75) is 69.6 Å². The molecule has 4 amide bonds. The van der Waals surface area contributed by atoms with Gasteiger partial charge in [-0.3, -0.25) is 27.3 Å². The smallest absolute Gasteiger partial charge is 0.248 e. The molecule has 0 bridgehead atoms. The number of guanidine groups is 1. The van der Waals surface area contributed by atoms with E-state index in [4.69, 9.17) is 17.2 Å². The molecular weight excluding hydrogens is 717 g/mol. The number of hydrogen-bond donors (Lipinski definition) is 8. The summed E-state index contributed by atoms with van der Waals surface area (Å²) >= 11 is 1.79. The summed E-state index contributed by atoms with van der Waals surface area (Å²) in [6.07, 6.45) is 1.76. The number of primary amides is 1. The largest absolute Gasteiger partial charge is 0.508 e. The lowest BCUT2D eigenvalue weighted by molar-refractivity contribution is -0.136. The highest BCUT2D eigenvalue weighted by molar-refractivity contribution is 14.1. The number of aryl methyl sites for hydroxylation is 1. The molecule has 0 aromatic heterocycles. The summed E-state index contributed by atoms with van der Waals surface area (Å²) in [7, 11) is 3.39. The van der Waals surface area contributed by atoms with Crippen molar-refractivity contribution in [3.8, 4) is 5.75 Å². The molecule has 0 aliphatic carbocycles. The van der Waals surface area contributed by atoms with Crippen LogP contribution in [-0.2, 0) is 32.0 Å². The third-order valence-electron chi connectivity index (χ3n) is 7.56. The molecule has 11 N–H and O–H groups in total. The van der Waals surface area contributed by atoms with Gasteiger partial charge in [0.25, 0.3) is 0 Å². The van der Waals surface area contributed by atoms with E-state index < -0.39 is 47.8 Å². The number of phenolic OH excluding ortho intramolecular Hbond substituents is 1. The average molecular weight is 766 g/mol. The number of nitrogens with zero attached hydrogens (tertiary/aromatic N) is 2. The Morgan fingerprint density at radius 1 is 0.979 bits per heavy atom. The number of carbonyl (C=O) groups is 4. The number of hydrogen-bond acceptors (Lipinski definition) is 8. The molecule has 0 fully saturated rings. The van der Waals surface area contributed by atoms with Gasteiger partial charge in [-0.25, -0.2) is 0 Å². The summed E-state index contributed by atoms with van der Waals surface area (Å²) in [4.78, 5) is 57.3. The van der Waals surface area contributed by atoms with Gasteiger partial charge >= 0.3 is 0 Å².